The Morgan fingerprint density at radius 1 is 1.50 bits per heavy atom. The summed E-state index contributed by atoms with van der Waals surface area (Å²) in [6.45, 7) is 3.49. The minimum Gasteiger partial charge on any atom is -0.307 e. The van der Waals surface area contributed by atoms with Gasteiger partial charge in [-0.25, -0.2) is 19.0 Å². The molecule has 1 amide bonds. The minimum absolute atomic E-state index is 0.0728. The summed E-state index contributed by atoms with van der Waals surface area (Å²) in [5.74, 6) is -1.53. The van der Waals surface area contributed by atoms with E-state index in [9.17, 15) is 14.0 Å². The number of aromatic nitrogens is 4. The van der Waals surface area contributed by atoms with Crippen LogP contribution in [-0.4, -0.2) is 25.7 Å². The number of anilines is 1. The van der Waals surface area contributed by atoms with Crippen LogP contribution in [0.4, 0.5) is 10.2 Å². The average molecular weight is 370 g/mol. The van der Waals surface area contributed by atoms with E-state index in [1.165, 1.54) is 6.07 Å². The van der Waals surface area contributed by atoms with Crippen molar-refractivity contribution >= 4 is 27.7 Å². The van der Waals surface area contributed by atoms with Crippen molar-refractivity contribution in [2.45, 2.75) is 26.3 Å². The van der Waals surface area contributed by atoms with Crippen molar-refractivity contribution in [2.75, 3.05) is 5.32 Å². The number of amides is 1. The van der Waals surface area contributed by atoms with Gasteiger partial charge in [0.2, 0.25) is 5.91 Å². The van der Waals surface area contributed by atoms with Crippen LogP contribution in [0.2, 0.25) is 0 Å². The molecular formula is C13H13BrFN5O2. The van der Waals surface area contributed by atoms with Gasteiger partial charge in [0, 0.05) is 10.5 Å². The van der Waals surface area contributed by atoms with Crippen LogP contribution in [0.3, 0.4) is 0 Å². The second-order valence-electron chi connectivity index (χ2n) is 4.80. The zero-order valence-corrected chi connectivity index (χ0v) is 13.5. The Morgan fingerprint density at radius 2 is 2.23 bits per heavy atom. The lowest BCUT2D eigenvalue weighted by molar-refractivity contribution is -0.117. The van der Waals surface area contributed by atoms with Gasteiger partial charge in [0.15, 0.2) is 11.6 Å². The number of hydrogen-bond acceptors (Lipinski definition) is 5. The van der Waals surface area contributed by atoms with Crippen LogP contribution < -0.4 is 10.9 Å². The highest BCUT2D eigenvalue weighted by Crippen LogP contribution is 2.19. The van der Waals surface area contributed by atoms with Gasteiger partial charge in [0.25, 0.3) is 5.56 Å². The average Bonchev–Trinajstić information content (AvgIpc) is 2.44. The fourth-order valence-electron chi connectivity index (χ4n) is 1.70. The lowest BCUT2D eigenvalue weighted by atomic mass is 10.1. The highest BCUT2D eigenvalue weighted by atomic mass is 79.9. The van der Waals surface area contributed by atoms with Crippen molar-refractivity contribution in [3.63, 3.8) is 0 Å². The summed E-state index contributed by atoms with van der Waals surface area (Å²) in [6.07, 6.45) is 2.04. The molecule has 0 bridgehead atoms. The molecule has 0 saturated carbocycles. The van der Waals surface area contributed by atoms with E-state index in [0.717, 1.165) is 17.2 Å². The van der Waals surface area contributed by atoms with E-state index in [1.54, 1.807) is 0 Å². The quantitative estimate of drug-likeness (QED) is 0.885. The van der Waals surface area contributed by atoms with Crippen molar-refractivity contribution in [3.05, 3.63) is 44.9 Å². The molecule has 0 aliphatic carbocycles. The SMILES string of the molecule is CC(C)c1nn(CC(=O)Nc2ncncc2F)c(=O)cc1Br. The number of nitrogens with one attached hydrogen (secondary N) is 1. The molecule has 7 nitrogen and oxygen atoms in total. The second-order valence-corrected chi connectivity index (χ2v) is 5.65. The predicted octanol–water partition coefficient (Wildman–Crippen LogP) is 1.70. The first-order valence-electron chi connectivity index (χ1n) is 6.41. The van der Waals surface area contributed by atoms with Crippen LogP contribution in [0.25, 0.3) is 0 Å². The van der Waals surface area contributed by atoms with Gasteiger partial charge in [-0.2, -0.15) is 5.10 Å². The first kappa shape index (κ1) is 16.2. The molecule has 0 atom stereocenters. The first-order valence-corrected chi connectivity index (χ1v) is 7.20. The van der Waals surface area contributed by atoms with Crippen molar-refractivity contribution in [3.8, 4) is 0 Å². The Balaban J connectivity index is 2.20. The molecule has 2 aromatic rings. The van der Waals surface area contributed by atoms with Gasteiger partial charge in [-0.1, -0.05) is 13.8 Å². The molecule has 1 N–H and O–H groups in total. The Bertz CT molecular complexity index is 762. The predicted molar refractivity (Wildman–Crippen MR) is 80.9 cm³/mol. The highest BCUT2D eigenvalue weighted by Gasteiger charge is 2.14. The number of nitrogens with zero attached hydrogens (tertiary/aromatic N) is 4. The molecule has 0 aliphatic heterocycles. The van der Waals surface area contributed by atoms with Crippen LogP contribution in [0.15, 0.2) is 27.9 Å². The number of hydrogen-bond donors (Lipinski definition) is 1. The van der Waals surface area contributed by atoms with E-state index in [4.69, 9.17) is 0 Å². The van der Waals surface area contributed by atoms with Crippen LogP contribution in [-0.2, 0) is 11.3 Å². The standard InChI is InChI=1S/C13H13BrFN5O2/c1-7(2)12-8(14)3-11(22)20(19-12)5-10(21)18-13-9(15)4-16-6-17-13/h3-4,6-7H,5H2,1-2H3,(H,16,17,18,21). The fourth-order valence-corrected chi connectivity index (χ4v) is 2.43. The fraction of sp³-hybridized carbons (Fsp3) is 0.308. The summed E-state index contributed by atoms with van der Waals surface area (Å²) in [4.78, 5) is 30.9. The minimum atomic E-state index is -0.755. The zero-order chi connectivity index (χ0) is 16.3. The maximum Gasteiger partial charge on any atom is 0.268 e. The van der Waals surface area contributed by atoms with Gasteiger partial charge in [-0.3, -0.25) is 9.59 Å². The molecule has 0 aromatic carbocycles. The van der Waals surface area contributed by atoms with E-state index in [2.05, 4.69) is 36.3 Å². The Morgan fingerprint density at radius 3 is 2.86 bits per heavy atom. The van der Waals surface area contributed by atoms with Gasteiger partial charge in [0.05, 0.1) is 11.9 Å². The van der Waals surface area contributed by atoms with E-state index >= 15 is 0 Å². The van der Waals surface area contributed by atoms with Crippen LogP contribution in [0.1, 0.15) is 25.5 Å². The third-order valence-corrected chi connectivity index (χ3v) is 3.38. The Labute approximate surface area is 133 Å². The molecule has 0 unspecified atom stereocenters. The zero-order valence-electron chi connectivity index (χ0n) is 11.9. The lowest BCUT2D eigenvalue weighted by Crippen LogP contribution is -2.30. The van der Waals surface area contributed by atoms with Crippen LogP contribution in [0.5, 0.6) is 0 Å². The van der Waals surface area contributed by atoms with Crippen molar-refractivity contribution < 1.29 is 9.18 Å². The van der Waals surface area contributed by atoms with E-state index in [1.807, 2.05) is 13.8 Å². The highest BCUT2D eigenvalue weighted by molar-refractivity contribution is 9.10. The normalized spacial score (nSPS) is 10.8. The summed E-state index contributed by atoms with van der Waals surface area (Å²) in [6, 6.07) is 1.35. The maximum atomic E-state index is 13.4. The molecule has 2 heterocycles. The van der Waals surface area contributed by atoms with Crippen LogP contribution in [0, 0.1) is 5.82 Å². The summed E-state index contributed by atoms with van der Waals surface area (Å²) < 4.78 is 15.0. The molecule has 0 aliphatic rings. The van der Waals surface area contributed by atoms with Crippen molar-refractivity contribution in [1.29, 1.82) is 0 Å². The van der Waals surface area contributed by atoms with E-state index in [-0.39, 0.29) is 18.3 Å². The molecule has 0 spiro atoms. The molecule has 22 heavy (non-hydrogen) atoms. The summed E-state index contributed by atoms with van der Waals surface area (Å²) in [7, 11) is 0. The summed E-state index contributed by atoms with van der Waals surface area (Å²) >= 11 is 3.27. The van der Waals surface area contributed by atoms with Gasteiger partial charge < -0.3 is 5.32 Å². The van der Waals surface area contributed by atoms with Crippen molar-refractivity contribution in [2.24, 2.45) is 0 Å². The number of carbonyl (C=O) groups excluding carboxylic acids is 1. The van der Waals surface area contributed by atoms with Crippen molar-refractivity contribution in [1.82, 2.24) is 19.7 Å². The monoisotopic (exact) mass is 369 g/mol. The van der Waals surface area contributed by atoms with Gasteiger partial charge in [-0.15, -0.1) is 0 Å². The largest absolute Gasteiger partial charge is 0.307 e. The van der Waals surface area contributed by atoms with Gasteiger partial charge in [-0.05, 0) is 21.8 Å². The topological polar surface area (TPSA) is 89.8 Å². The molecule has 0 radical (unpaired) electrons. The molecule has 9 heteroatoms. The lowest BCUT2D eigenvalue weighted by Gasteiger charge is -2.11. The number of halogens is 2. The summed E-state index contributed by atoms with van der Waals surface area (Å²) in [5, 5.41) is 6.42. The van der Waals surface area contributed by atoms with E-state index in [0.29, 0.717) is 10.2 Å². The second kappa shape index (κ2) is 6.73. The molecule has 2 rings (SSSR count). The number of carbonyl (C=O) groups is 1. The molecule has 0 fully saturated rings. The smallest absolute Gasteiger partial charge is 0.268 e. The molecule has 0 saturated heterocycles. The summed E-state index contributed by atoms with van der Waals surface area (Å²) in [5.41, 5.74) is 0.218. The molecule has 116 valence electrons. The molecule has 2 aromatic heterocycles. The van der Waals surface area contributed by atoms with Gasteiger partial charge >= 0.3 is 0 Å². The van der Waals surface area contributed by atoms with Gasteiger partial charge in [0.1, 0.15) is 12.9 Å². The third kappa shape index (κ3) is 3.73. The third-order valence-electron chi connectivity index (χ3n) is 2.74. The Kier molecular flexibility index (Phi) is 4.96. The maximum absolute atomic E-state index is 13.4. The number of rotatable bonds is 4. The van der Waals surface area contributed by atoms with E-state index < -0.39 is 17.3 Å². The van der Waals surface area contributed by atoms with Crippen LogP contribution >= 0.6 is 15.9 Å². The molecular weight excluding hydrogens is 357 g/mol. The Hall–Kier alpha value is -2.16. The first-order chi connectivity index (χ1) is 10.4.